The van der Waals surface area contributed by atoms with Crippen LogP contribution in [0.1, 0.15) is 12.0 Å². The molecule has 0 amide bonds. The minimum atomic E-state index is -0.580. The Kier molecular flexibility index (Phi) is 2.89. The highest BCUT2D eigenvalue weighted by Crippen LogP contribution is 2.28. The first-order chi connectivity index (χ1) is 7.31. The lowest BCUT2D eigenvalue weighted by molar-refractivity contribution is 0.0683. The van der Waals surface area contributed by atoms with Gasteiger partial charge in [0.1, 0.15) is 5.75 Å². The number of fused-ring (bicyclic) bond motifs is 1. The molecule has 1 aromatic carbocycles. The number of aliphatic hydroxyl groups excluding tert-OH is 1. The summed E-state index contributed by atoms with van der Waals surface area (Å²) in [5, 5.41) is 18.2. The number of hydrogen-bond acceptors (Lipinski definition) is 3. The van der Waals surface area contributed by atoms with E-state index in [0.717, 1.165) is 17.7 Å². The molecule has 15 heavy (non-hydrogen) atoms. The van der Waals surface area contributed by atoms with Gasteiger partial charge in [0.2, 0.25) is 0 Å². The number of nitrogens with zero attached hydrogens (tertiary/aromatic N) is 1. The fourth-order valence-corrected chi connectivity index (χ4v) is 1.86. The van der Waals surface area contributed by atoms with Crippen molar-refractivity contribution in [2.75, 3.05) is 6.61 Å². The van der Waals surface area contributed by atoms with Gasteiger partial charge in [0.05, 0.1) is 25.2 Å². The van der Waals surface area contributed by atoms with Crippen LogP contribution < -0.4 is 4.74 Å². The molecular weight excluding hydrogens is 190 g/mol. The highest BCUT2D eigenvalue weighted by molar-refractivity contribution is 5.35. The maximum absolute atomic E-state index is 9.70. The largest absolute Gasteiger partial charge is 0.493 e. The summed E-state index contributed by atoms with van der Waals surface area (Å²) in [6, 6.07) is 9.81. The van der Waals surface area contributed by atoms with Crippen molar-refractivity contribution in [3.8, 4) is 11.8 Å². The molecule has 3 heteroatoms. The molecule has 0 aromatic heterocycles. The Labute approximate surface area is 88.9 Å². The predicted octanol–water partition coefficient (Wildman–Crippen LogP) is 1.51. The van der Waals surface area contributed by atoms with E-state index in [4.69, 9.17) is 10.00 Å². The van der Waals surface area contributed by atoms with E-state index in [9.17, 15) is 5.11 Å². The Morgan fingerprint density at radius 3 is 3.13 bits per heavy atom. The zero-order valence-corrected chi connectivity index (χ0v) is 8.39. The van der Waals surface area contributed by atoms with E-state index in [1.165, 1.54) is 0 Å². The fourth-order valence-electron chi connectivity index (χ4n) is 1.86. The third kappa shape index (κ3) is 2.11. The van der Waals surface area contributed by atoms with Crippen LogP contribution in [0.15, 0.2) is 24.3 Å². The standard InChI is InChI=1S/C12H13NO2/c13-6-5-11(14)10-7-9-3-1-2-4-12(9)15-8-10/h1-4,10-11,14H,5,7-8H2. The van der Waals surface area contributed by atoms with Gasteiger partial charge in [-0.2, -0.15) is 5.26 Å². The van der Waals surface area contributed by atoms with Gasteiger partial charge in [-0.15, -0.1) is 0 Å². The molecule has 1 aromatic rings. The number of benzene rings is 1. The van der Waals surface area contributed by atoms with Crippen molar-refractivity contribution in [1.29, 1.82) is 5.26 Å². The number of hydrogen-bond donors (Lipinski definition) is 1. The second kappa shape index (κ2) is 4.33. The topological polar surface area (TPSA) is 53.2 Å². The number of nitriles is 1. The van der Waals surface area contributed by atoms with Crippen LogP contribution >= 0.6 is 0 Å². The Balaban J connectivity index is 2.09. The van der Waals surface area contributed by atoms with Crippen molar-refractivity contribution in [3.63, 3.8) is 0 Å². The SMILES string of the molecule is N#CCC(O)C1COc2ccccc2C1. The summed E-state index contributed by atoms with van der Waals surface area (Å²) in [4.78, 5) is 0. The number of aliphatic hydroxyl groups is 1. The van der Waals surface area contributed by atoms with Crippen LogP contribution in [0.4, 0.5) is 0 Å². The molecule has 1 aliphatic rings. The van der Waals surface area contributed by atoms with Gasteiger partial charge in [0.15, 0.2) is 0 Å². The molecular formula is C12H13NO2. The quantitative estimate of drug-likeness (QED) is 0.792. The molecule has 0 saturated heterocycles. The first kappa shape index (κ1) is 10.0. The average molecular weight is 203 g/mol. The number of para-hydroxylation sites is 1. The van der Waals surface area contributed by atoms with Crippen molar-refractivity contribution >= 4 is 0 Å². The number of rotatable bonds is 2. The van der Waals surface area contributed by atoms with Gasteiger partial charge in [-0.1, -0.05) is 18.2 Å². The van der Waals surface area contributed by atoms with E-state index < -0.39 is 6.10 Å². The molecule has 2 atom stereocenters. The summed E-state index contributed by atoms with van der Waals surface area (Å²) in [5.74, 6) is 0.942. The summed E-state index contributed by atoms with van der Waals surface area (Å²) in [6.07, 6.45) is 0.387. The predicted molar refractivity (Wildman–Crippen MR) is 55.4 cm³/mol. The Hall–Kier alpha value is -1.53. The maximum atomic E-state index is 9.70. The zero-order valence-electron chi connectivity index (χ0n) is 8.39. The van der Waals surface area contributed by atoms with E-state index in [0.29, 0.717) is 6.61 Å². The fraction of sp³-hybridized carbons (Fsp3) is 0.417. The summed E-state index contributed by atoms with van der Waals surface area (Å²) in [7, 11) is 0. The minimum Gasteiger partial charge on any atom is -0.493 e. The van der Waals surface area contributed by atoms with Gasteiger partial charge >= 0.3 is 0 Å². The van der Waals surface area contributed by atoms with Crippen LogP contribution in [0.3, 0.4) is 0 Å². The molecule has 1 aliphatic heterocycles. The van der Waals surface area contributed by atoms with E-state index in [-0.39, 0.29) is 12.3 Å². The Morgan fingerprint density at radius 1 is 1.53 bits per heavy atom. The van der Waals surface area contributed by atoms with Crippen LogP contribution in [-0.4, -0.2) is 17.8 Å². The molecule has 0 spiro atoms. The van der Waals surface area contributed by atoms with E-state index in [2.05, 4.69) is 0 Å². The minimum absolute atomic E-state index is 0.0412. The molecule has 0 saturated carbocycles. The Bertz CT molecular complexity index is 383. The summed E-state index contributed by atoms with van der Waals surface area (Å²) < 4.78 is 5.53. The van der Waals surface area contributed by atoms with Gasteiger partial charge in [-0.05, 0) is 18.1 Å². The smallest absolute Gasteiger partial charge is 0.122 e. The summed E-state index contributed by atoms with van der Waals surface area (Å²) >= 11 is 0. The first-order valence-corrected chi connectivity index (χ1v) is 5.07. The lowest BCUT2D eigenvalue weighted by Crippen LogP contribution is -2.31. The summed E-state index contributed by atoms with van der Waals surface area (Å²) in [5.41, 5.74) is 1.12. The van der Waals surface area contributed by atoms with Gasteiger partial charge in [0, 0.05) is 5.92 Å². The van der Waals surface area contributed by atoms with Gasteiger partial charge in [0.25, 0.3) is 0 Å². The molecule has 2 unspecified atom stereocenters. The lowest BCUT2D eigenvalue weighted by atomic mass is 9.91. The van der Waals surface area contributed by atoms with E-state index in [1.54, 1.807) is 0 Å². The number of ether oxygens (including phenoxy) is 1. The monoisotopic (exact) mass is 203 g/mol. The van der Waals surface area contributed by atoms with Crippen molar-refractivity contribution in [2.24, 2.45) is 5.92 Å². The lowest BCUT2D eigenvalue weighted by Gasteiger charge is -2.27. The Morgan fingerprint density at radius 2 is 2.33 bits per heavy atom. The van der Waals surface area contributed by atoms with Crippen LogP contribution in [0, 0.1) is 17.2 Å². The van der Waals surface area contributed by atoms with E-state index >= 15 is 0 Å². The molecule has 0 fully saturated rings. The normalized spacial score (nSPS) is 20.9. The molecule has 1 heterocycles. The third-order valence-electron chi connectivity index (χ3n) is 2.75. The highest BCUT2D eigenvalue weighted by Gasteiger charge is 2.25. The average Bonchev–Trinajstić information content (AvgIpc) is 2.29. The molecule has 0 aliphatic carbocycles. The van der Waals surface area contributed by atoms with Crippen LogP contribution in [-0.2, 0) is 6.42 Å². The zero-order chi connectivity index (χ0) is 10.7. The molecule has 1 N–H and O–H groups in total. The molecule has 0 bridgehead atoms. The second-order valence-electron chi connectivity index (χ2n) is 3.81. The second-order valence-corrected chi connectivity index (χ2v) is 3.81. The van der Waals surface area contributed by atoms with Gasteiger partial charge < -0.3 is 9.84 Å². The van der Waals surface area contributed by atoms with Crippen LogP contribution in [0.5, 0.6) is 5.75 Å². The van der Waals surface area contributed by atoms with Crippen molar-refractivity contribution in [1.82, 2.24) is 0 Å². The highest BCUT2D eigenvalue weighted by atomic mass is 16.5. The van der Waals surface area contributed by atoms with Crippen molar-refractivity contribution in [3.05, 3.63) is 29.8 Å². The van der Waals surface area contributed by atoms with Crippen LogP contribution in [0.25, 0.3) is 0 Å². The maximum Gasteiger partial charge on any atom is 0.122 e. The summed E-state index contributed by atoms with van der Waals surface area (Å²) in [6.45, 7) is 0.500. The molecule has 3 nitrogen and oxygen atoms in total. The molecule has 0 radical (unpaired) electrons. The van der Waals surface area contributed by atoms with Gasteiger partial charge in [-0.25, -0.2) is 0 Å². The van der Waals surface area contributed by atoms with Gasteiger partial charge in [-0.3, -0.25) is 0 Å². The first-order valence-electron chi connectivity index (χ1n) is 5.07. The van der Waals surface area contributed by atoms with E-state index in [1.807, 2.05) is 30.3 Å². The van der Waals surface area contributed by atoms with Crippen LogP contribution in [0.2, 0.25) is 0 Å². The van der Waals surface area contributed by atoms with Crippen molar-refractivity contribution in [2.45, 2.75) is 18.9 Å². The molecule has 78 valence electrons. The van der Waals surface area contributed by atoms with Crippen molar-refractivity contribution < 1.29 is 9.84 Å². The molecule has 2 rings (SSSR count). The third-order valence-corrected chi connectivity index (χ3v) is 2.75.